The predicted octanol–water partition coefficient (Wildman–Crippen LogP) is 4.94. The van der Waals surface area contributed by atoms with Gasteiger partial charge in [0.2, 0.25) is 0 Å². The molecule has 0 spiro atoms. The molecule has 8 heteroatoms. The van der Waals surface area contributed by atoms with Gasteiger partial charge in [-0.2, -0.15) is 0 Å². The first-order valence-corrected chi connectivity index (χ1v) is 8.06. The van der Waals surface area contributed by atoms with Crippen LogP contribution in [-0.2, 0) is 4.79 Å². The van der Waals surface area contributed by atoms with E-state index in [1.807, 2.05) is 0 Å². The summed E-state index contributed by atoms with van der Waals surface area (Å²) in [5.41, 5.74) is -0.411. The monoisotopic (exact) mass is 362 g/mol. The zero-order valence-corrected chi connectivity index (χ0v) is 13.9. The second-order valence-electron chi connectivity index (χ2n) is 5.50. The lowest BCUT2D eigenvalue weighted by molar-refractivity contribution is -0.274. The van der Waals surface area contributed by atoms with Crippen LogP contribution in [0.4, 0.5) is 13.2 Å². The SMILES string of the molecule is CCCCCCCCC(=O)Oc1cc(OC(F)(F)F)ccc1C(=O)O. The molecule has 0 aromatic heterocycles. The van der Waals surface area contributed by atoms with Crippen LogP contribution in [0.2, 0.25) is 0 Å². The summed E-state index contributed by atoms with van der Waals surface area (Å²) < 4.78 is 45.4. The first-order chi connectivity index (χ1) is 11.7. The van der Waals surface area contributed by atoms with Gasteiger partial charge < -0.3 is 14.6 Å². The van der Waals surface area contributed by atoms with E-state index in [-0.39, 0.29) is 6.42 Å². The number of rotatable bonds is 10. The van der Waals surface area contributed by atoms with Crippen LogP contribution in [-0.4, -0.2) is 23.4 Å². The third-order valence-corrected chi connectivity index (χ3v) is 3.38. The molecule has 0 aliphatic rings. The summed E-state index contributed by atoms with van der Waals surface area (Å²) in [5.74, 6) is -3.23. The maximum atomic E-state index is 12.2. The molecule has 0 amide bonds. The van der Waals surface area contributed by atoms with E-state index in [4.69, 9.17) is 9.84 Å². The molecule has 0 unspecified atom stereocenters. The number of aromatic carboxylic acids is 1. The highest BCUT2D eigenvalue weighted by Crippen LogP contribution is 2.29. The lowest BCUT2D eigenvalue weighted by Crippen LogP contribution is -2.17. The highest BCUT2D eigenvalue weighted by atomic mass is 19.4. The Labute approximate surface area is 143 Å². The Kier molecular flexibility index (Phi) is 8.24. The topological polar surface area (TPSA) is 72.8 Å². The summed E-state index contributed by atoms with van der Waals surface area (Å²) in [4.78, 5) is 22.9. The number of carboxylic acid groups (broad SMARTS) is 1. The van der Waals surface area contributed by atoms with Crippen molar-refractivity contribution >= 4 is 11.9 Å². The van der Waals surface area contributed by atoms with Gasteiger partial charge in [-0.3, -0.25) is 4.79 Å². The summed E-state index contributed by atoms with van der Waals surface area (Å²) in [6.07, 6.45) is 0.832. The van der Waals surface area contributed by atoms with Crippen molar-refractivity contribution in [2.45, 2.75) is 58.2 Å². The maximum absolute atomic E-state index is 12.2. The van der Waals surface area contributed by atoms with Crippen molar-refractivity contribution in [2.75, 3.05) is 0 Å². The first kappa shape index (κ1) is 20.8. The van der Waals surface area contributed by atoms with Gasteiger partial charge in [0.15, 0.2) is 0 Å². The molecule has 1 N–H and O–H groups in total. The Hall–Kier alpha value is -2.25. The largest absolute Gasteiger partial charge is 0.573 e. The number of hydrogen-bond donors (Lipinski definition) is 1. The zero-order chi connectivity index (χ0) is 18.9. The quantitative estimate of drug-likeness (QED) is 0.363. The minimum atomic E-state index is -4.93. The van der Waals surface area contributed by atoms with Crippen LogP contribution < -0.4 is 9.47 Å². The van der Waals surface area contributed by atoms with E-state index in [9.17, 15) is 22.8 Å². The van der Waals surface area contributed by atoms with Crippen molar-refractivity contribution < 1.29 is 37.3 Å². The molecule has 0 saturated heterocycles. The molecule has 0 aliphatic heterocycles. The second kappa shape index (κ2) is 9.90. The van der Waals surface area contributed by atoms with Crippen molar-refractivity contribution in [3.63, 3.8) is 0 Å². The minimum absolute atomic E-state index is 0.0650. The number of halogens is 3. The molecule has 0 fully saturated rings. The average Bonchev–Trinajstić information content (AvgIpc) is 2.49. The fourth-order valence-electron chi connectivity index (χ4n) is 2.18. The number of esters is 1. The fraction of sp³-hybridized carbons (Fsp3) is 0.529. The summed E-state index contributed by atoms with van der Waals surface area (Å²) >= 11 is 0. The summed E-state index contributed by atoms with van der Waals surface area (Å²) in [6, 6.07) is 2.49. The van der Waals surface area contributed by atoms with Gasteiger partial charge in [0.1, 0.15) is 17.1 Å². The van der Waals surface area contributed by atoms with Crippen molar-refractivity contribution in [3.8, 4) is 11.5 Å². The van der Waals surface area contributed by atoms with Crippen LogP contribution >= 0.6 is 0 Å². The molecule has 1 aromatic rings. The van der Waals surface area contributed by atoms with Crippen molar-refractivity contribution in [1.29, 1.82) is 0 Å². The highest BCUT2D eigenvalue weighted by molar-refractivity contribution is 5.92. The lowest BCUT2D eigenvalue weighted by Gasteiger charge is -2.12. The smallest absolute Gasteiger partial charge is 0.478 e. The Bertz CT molecular complexity index is 584. The fourth-order valence-corrected chi connectivity index (χ4v) is 2.18. The van der Waals surface area contributed by atoms with Gasteiger partial charge in [-0.05, 0) is 18.6 Å². The molecule has 140 valence electrons. The normalized spacial score (nSPS) is 11.2. The van der Waals surface area contributed by atoms with Crippen molar-refractivity contribution in [2.24, 2.45) is 0 Å². The predicted molar refractivity (Wildman–Crippen MR) is 83.7 cm³/mol. The molecule has 0 bridgehead atoms. The molecular weight excluding hydrogens is 341 g/mol. The van der Waals surface area contributed by atoms with Gasteiger partial charge in [-0.25, -0.2) is 4.79 Å². The van der Waals surface area contributed by atoms with E-state index in [0.29, 0.717) is 6.42 Å². The van der Waals surface area contributed by atoms with E-state index in [2.05, 4.69) is 11.7 Å². The summed E-state index contributed by atoms with van der Waals surface area (Å²) in [6.45, 7) is 2.09. The molecule has 25 heavy (non-hydrogen) atoms. The van der Waals surface area contributed by atoms with Gasteiger partial charge in [0, 0.05) is 12.5 Å². The molecule has 0 aliphatic carbocycles. The molecule has 0 saturated carbocycles. The second-order valence-corrected chi connectivity index (χ2v) is 5.50. The number of hydrogen-bond acceptors (Lipinski definition) is 4. The van der Waals surface area contributed by atoms with Crippen LogP contribution in [0.25, 0.3) is 0 Å². The molecule has 5 nitrogen and oxygen atoms in total. The number of carbonyl (C=O) groups is 2. The van der Waals surface area contributed by atoms with E-state index in [1.165, 1.54) is 0 Å². The zero-order valence-electron chi connectivity index (χ0n) is 13.9. The number of carboxylic acids is 1. The van der Waals surface area contributed by atoms with Gasteiger partial charge >= 0.3 is 18.3 Å². The van der Waals surface area contributed by atoms with E-state index in [1.54, 1.807) is 0 Å². The summed E-state index contributed by atoms with van der Waals surface area (Å²) in [5, 5.41) is 9.04. The van der Waals surface area contributed by atoms with Crippen LogP contribution in [0.1, 0.15) is 62.2 Å². The Balaban J connectivity index is 2.66. The number of alkyl halides is 3. The van der Waals surface area contributed by atoms with E-state index >= 15 is 0 Å². The highest BCUT2D eigenvalue weighted by Gasteiger charge is 2.31. The van der Waals surface area contributed by atoms with Crippen LogP contribution in [0.5, 0.6) is 11.5 Å². The van der Waals surface area contributed by atoms with Gasteiger partial charge in [0.05, 0.1) is 0 Å². The third-order valence-electron chi connectivity index (χ3n) is 3.38. The van der Waals surface area contributed by atoms with E-state index in [0.717, 1.165) is 50.3 Å². The van der Waals surface area contributed by atoms with Crippen molar-refractivity contribution in [3.05, 3.63) is 23.8 Å². The maximum Gasteiger partial charge on any atom is 0.573 e. The van der Waals surface area contributed by atoms with Crippen LogP contribution in [0, 0.1) is 0 Å². The van der Waals surface area contributed by atoms with Crippen LogP contribution in [0.3, 0.4) is 0 Å². The molecule has 1 rings (SSSR count). The van der Waals surface area contributed by atoms with Crippen LogP contribution in [0.15, 0.2) is 18.2 Å². The molecular formula is C17H21F3O5. The van der Waals surface area contributed by atoms with Gasteiger partial charge in [-0.15, -0.1) is 13.2 Å². The molecule has 1 aromatic carbocycles. The average molecular weight is 362 g/mol. The van der Waals surface area contributed by atoms with Crippen molar-refractivity contribution in [1.82, 2.24) is 0 Å². The number of carbonyl (C=O) groups excluding carboxylic acids is 1. The Morgan fingerprint density at radius 2 is 1.72 bits per heavy atom. The molecule has 0 radical (unpaired) electrons. The number of unbranched alkanes of at least 4 members (excludes halogenated alkanes) is 5. The third kappa shape index (κ3) is 8.42. The number of benzene rings is 1. The first-order valence-electron chi connectivity index (χ1n) is 8.06. The minimum Gasteiger partial charge on any atom is -0.478 e. The Morgan fingerprint density at radius 1 is 1.08 bits per heavy atom. The van der Waals surface area contributed by atoms with Gasteiger partial charge in [-0.1, -0.05) is 39.0 Å². The standard InChI is InChI=1S/C17H21F3O5/c1-2-3-4-5-6-7-8-15(21)24-14-11-12(25-17(18,19)20)9-10-13(14)16(22)23/h9-11H,2-8H2,1H3,(H,22,23). The van der Waals surface area contributed by atoms with Gasteiger partial charge in [0.25, 0.3) is 0 Å². The Morgan fingerprint density at radius 3 is 2.32 bits per heavy atom. The van der Waals surface area contributed by atoms with E-state index < -0.39 is 35.4 Å². The number of ether oxygens (including phenoxy) is 2. The lowest BCUT2D eigenvalue weighted by atomic mass is 10.1. The summed E-state index contributed by atoms with van der Waals surface area (Å²) in [7, 11) is 0. The molecule has 0 atom stereocenters. The molecule has 0 heterocycles.